The number of hydrogen-bond acceptors (Lipinski definition) is 4. The van der Waals surface area contributed by atoms with Crippen LogP contribution in [0.5, 0.6) is 0 Å². The van der Waals surface area contributed by atoms with E-state index in [1.807, 2.05) is 30.3 Å². The van der Waals surface area contributed by atoms with Crippen molar-refractivity contribution in [2.24, 2.45) is 0 Å². The number of aliphatic hydroxyl groups excluding tert-OH is 1. The molecule has 106 valence electrons. The number of rotatable bonds is 6. The topological polar surface area (TPSA) is 80.0 Å². The molecule has 0 bridgehead atoms. The van der Waals surface area contributed by atoms with E-state index in [-0.39, 0.29) is 18.6 Å². The van der Waals surface area contributed by atoms with E-state index in [0.29, 0.717) is 6.42 Å². The van der Waals surface area contributed by atoms with Gasteiger partial charge in [-0.1, -0.05) is 30.3 Å². The highest BCUT2D eigenvalue weighted by Gasteiger charge is 2.19. The van der Waals surface area contributed by atoms with Gasteiger partial charge in [-0.3, -0.25) is 4.79 Å². The van der Waals surface area contributed by atoms with Gasteiger partial charge in [-0.25, -0.2) is 9.67 Å². The predicted octanol–water partition coefficient (Wildman–Crippen LogP) is 0.559. The lowest BCUT2D eigenvalue weighted by molar-refractivity contribution is -0.125. The summed E-state index contributed by atoms with van der Waals surface area (Å²) in [6, 6.07) is 8.97. The van der Waals surface area contributed by atoms with Gasteiger partial charge < -0.3 is 10.4 Å². The minimum absolute atomic E-state index is 0.106. The lowest BCUT2D eigenvalue weighted by atomic mass is 10.1. The molecule has 6 heteroatoms. The minimum Gasteiger partial charge on any atom is -0.394 e. The van der Waals surface area contributed by atoms with Crippen molar-refractivity contribution in [2.45, 2.75) is 25.4 Å². The average Bonchev–Trinajstić information content (AvgIpc) is 3.01. The molecule has 20 heavy (non-hydrogen) atoms. The van der Waals surface area contributed by atoms with Crippen molar-refractivity contribution in [3.63, 3.8) is 0 Å². The second-order valence-electron chi connectivity index (χ2n) is 4.63. The van der Waals surface area contributed by atoms with E-state index in [2.05, 4.69) is 15.4 Å². The summed E-state index contributed by atoms with van der Waals surface area (Å²) in [4.78, 5) is 15.9. The molecule has 6 nitrogen and oxygen atoms in total. The predicted molar refractivity (Wildman–Crippen MR) is 73.9 cm³/mol. The van der Waals surface area contributed by atoms with Crippen molar-refractivity contribution >= 4 is 5.91 Å². The number of aliphatic hydroxyl groups is 1. The number of nitrogens with one attached hydrogen (secondary N) is 1. The maximum atomic E-state index is 12.1. The van der Waals surface area contributed by atoms with E-state index < -0.39 is 6.04 Å². The Hall–Kier alpha value is -2.21. The number of aromatic nitrogens is 3. The summed E-state index contributed by atoms with van der Waals surface area (Å²) in [6.07, 6.45) is 3.47. The van der Waals surface area contributed by atoms with Crippen LogP contribution >= 0.6 is 0 Å². The molecule has 2 atom stereocenters. The fourth-order valence-electron chi connectivity index (χ4n) is 1.92. The number of amides is 1. The van der Waals surface area contributed by atoms with Crippen molar-refractivity contribution in [2.75, 3.05) is 6.61 Å². The summed E-state index contributed by atoms with van der Waals surface area (Å²) in [6.45, 7) is 1.63. The quantitative estimate of drug-likeness (QED) is 0.806. The first-order chi connectivity index (χ1) is 9.70. The number of nitrogens with zero attached hydrogens (tertiary/aromatic N) is 3. The van der Waals surface area contributed by atoms with Crippen LogP contribution in [-0.2, 0) is 11.2 Å². The van der Waals surface area contributed by atoms with Gasteiger partial charge in [0.05, 0.1) is 12.6 Å². The van der Waals surface area contributed by atoms with E-state index in [0.717, 1.165) is 5.56 Å². The van der Waals surface area contributed by atoms with Gasteiger partial charge in [0.1, 0.15) is 18.7 Å². The van der Waals surface area contributed by atoms with Crippen LogP contribution in [0.4, 0.5) is 0 Å². The Labute approximate surface area is 117 Å². The van der Waals surface area contributed by atoms with Crippen LogP contribution in [0.15, 0.2) is 43.0 Å². The zero-order chi connectivity index (χ0) is 14.4. The van der Waals surface area contributed by atoms with Crippen LogP contribution in [0.25, 0.3) is 0 Å². The Morgan fingerprint density at radius 3 is 2.75 bits per heavy atom. The maximum Gasteiger partial charge on any atom is 0.244 e. The summed E-state index contributed by atoms with van der Waals surface area (Å²) >= 11 is 0. The van der Waals surface area contributed by atoms with Crippen LogP contribution in [0, 0.1) is 0 Å². The second-order valence-corrected chi connectivity index (χ2v) is 4.63. The molecule has 1 aromatic heterocycles. The normalized spacial score (nSPS) is 13.7. The van der Waals surface area contributed by atoms with Gasteiger partial charge in [-0.15, -0.1) is 0 Å². The summed E-state index contributed by atoms with van der Waals surface area (Å²) < 4.78 is 1.48. The van der Waals surface area contributed by atoms with Crippen LogP contribution in [-0.4, -0.2) is 38.4 Å². The number of hydrogen-bond donors (Lipinski definition) is 2. The van der Waals surface area contributed by atoms with Crippen LogP contribution in [0.2, 0.25) is 0 Å². The van der Waals surface area contributed by atoms with E-state index in [9.17, 15) is 9.90 Å². The van der Waals surface area contributed by atoms with Crippen molar-refractivity contribution in [1.29, 1.82) is 0 Å². The highest BCUT2D eigenvalue weighted by atomic mass is 16.3. The molecule has 2 aromatic rings. The van der Waals surface area contributed by atoms with E-state index >= 15 is 0 Å². The zero-order valence-corrected chi connectivity index (χ0v) is 11.3. The van der Waals surface area contributed by atoms with Crippen molar-refractivity contribution in [3.05, 3.63) is 48.5 Å². The molecule has 1 unspecified atom stereocenters. The largest absolute Gasteiger partial charge is 0.394 e. The Morgan fingerprint density at radius 2 is 2.15 bits per heavy atom. The fourth-order valence-corrected chi connectivity index (χ4v) is 1.92. The molecule has 0 spiro atoms. The number of benzene rings is 1. The van der Waals surface area contributed by atoms with E-state index in [1.54, 1.807) is 6.92 Å². The van der Waals surface area contributed by atoms with Gasteiger partial charge >= 0.3 is 0 Å². The third-order valence-corrected chi connectivity index (χ3v) is 3.10. The Bertz CT molecular complexity index is 527. The lowest BCUT2D eigenvalue weighted by Crippen LogP contribution is -2.42. The van der Waals surface area contributed by atoms with Gasteiger partial charge in [-0.2, -0.15) is 5.10 Å². The third kappa shape index (κ3) is 3.64. The second kappa shape index (κ2) is 6.81. The first-order valence-electron chi connectivity index (χ1n) is 6.50. The standard InChI is InChI=1S/C14H18N4O2/c1-11(18-10-15-9-16-18)14(20)17-13(8-19)7-12-5-3-2-4-6-12/h2-6,9-11,13,19H,7-8H2,1H3,(H,17,20)/t11?,13-/m1/s1. The molecular formula is C14H18N4O2. The molecule has 0 saturated heterocycles. The van der Waals surface area contributed by atoms with Gasteiger partial charge in [0, 0.05) is 0 Å². The average molecular weight is 274 g/mol. The minimum atomic E-state index is -0.456. The molecule has 1 amide bonds. The Kier molecular flexibility index (Phi) is 4.84. The highest BCUT2D eigenvalue weighted by molar-refractivity contribution is 5.80. The van der Waals surface area contributed by atoms with E-state index in [4.69, 9.17) is 0 Å². The maximum absolute atomic E-state index is 12.1. The molecule has 0 aliphatic heterocycles. The van der Waals surface area contributed by atoms with Crippen molar-refractivity contribution in [1.82, 2.24) is 20.1 Å². The van der Waals surface area contributed by atoms with Crippen LogP contribution in [0.3, 0.4) is 0 Å². The monoisotopic (exact) mass is 274 g/mol. The number of carbonyl (C=O) groups excluding carboxylic acids is 1. The Morgan fingerprint density at radius 1 is 1.40 bits per heavy atom. The molecule has 2 N–H and O–H groups in total. The molecule has 1 aromatic carbocycles. The molecule has 0 aliphatic rings. The first kappa shape index (κ1) is 14.2. The first-order valence-corrected chi connectivity index (χ1v) is 6.50. The number of carbonyl (C=O) groups is 1. The third-order valence-electron chi connectivity index (χ3n) is 3.10. The molecule has 0 radical (unpaired) electrons. The van der Waals surface area contributed by atoms with Crippen molar-refractivity contribution in [3.8, 4) is 0 Å². The fraction of sp³-hybridized carbons (Fsp3) is 0.357. The van der Waals surface area contributed by atoms with Gasteiger partial charge in [0.2, 0.25) is 5.91 Å². The van der Waals surface area contributed by atoms with Crippen LogP contribution in [0.1, 0.15) is 18.5 Å². The molecule has 1 heterocycles. The molecule has 0 fully saturated rings. The smallest absolute Gasteiger partial charge is 0.244 e. The lowest BCUT2D eigenvalue weighted by Gasteiger charge is -2.19. The highest BCUT2D eigenvalue weighted by Crippen LogP contribution is 2.06. The SMILES string of the molecule is CC(C(=O)N[C@@H](CO)Cc1ccccc1)n1cncn1. The van der Waals surface area contributed by atoms with E-state index in [1.165, 1.54) is 17.3 Å². The molecule has 2 rings (SSSR count). The summed E-state index contributed by atoms with van der Waals surface area (Å²) in [7, 11) is 0. The molecule has 0 aliphatic carbocycles. The van der Waals surface area contributed by atoms with Gasteiger partial charge in [-0.05, 0) is 18.9 Å². The van der Waals surface area contributed by atoms with Gasteiger partial charge in [0.15, 0.2) is 0 Å². The molecular weight excluding hydrogens is 256 g/mol. The Balaban J connectivity index is 1.94. The van der Waals surface area contributed by atoms with Crippen molar-refractivity contribution < 1.29 is 9.90 Å². The summed E-state index contributed by atoms with van der Waals surface area (Å²) in [5.74, 6) is -0.189. The zero-order valence-electron chi connectivity index (χ0n) is 11.3. The van der Waals surface area contributed by atoms with Gasteiger partial charge in [0.25, 0.3) is 0 Å². The summed E-state index contributed by atoms with van der Waals surface area (Å²) in [5.41, 5.74) is 1.07. The van der Waals surface area contributed by atoms with Crippen LogP contribution < -0.4 is 5.32 Å². The molecule has 0 saturated carbocycles. The summed E-state index contributed by atoms with van der Waals surface area (Å²) in [5, 5.41) is 16.2.